The molecule has 2 bridgehead atoms. The molecular formula is C32H37F4N3O4. The average molecular weight is 604 g/mol. The minimum Gasteiger partial charge on any atom is -0.391 e. The zero-order valence-corrected chi connectivity index (χ0v) is 24.0. The van der Waals surface area contributed by atoms with E-state index in [1.165, 1.54) is 6.42 Å². The molecule has 1 saturated heterocycles. The van der Waals surface area contributed by atoms with Crippen molar-refractivity contribution in [2.45, 2.75) is 82.7 Å². The molecule has 3 aliphatic rings. The number of rotatable bonds is 10. The highest BCUT2D eigenvalue weighted by atomic mass is 19.4. The van der Waals surface area contributed by atoms with Crippen LogP contribution in [0.3, 0.4) is 0 Å². The predicted molar refractivity (Wildman–Crippen MR) is 152 cm³/mol. The number of nitrogens with zero attached hydrogens (tertiary/aromatic N) is 1. The summed E-state index contributed by atoms with van der Waals surface area (Å²) in [4.78, 5) is 39.6. The molecule has 2 aromatic carbocycles. The van der Waals surface area contributed by atoms with Crippen LogP contribution >= 0.6 is 0 Å². The molecule has 0 spiro atoms. The van der Waals surface area contributed by atoms with Crippen LogP contribution in [0.5, 0.6) is 0 Å². The van der Waals surface area contributed by atoms with Gasteiger partial charge in [0.25, 0.3) is 5.91 Å². The Hall–Kier alpha value is -3.47. The molecule has 3 amide bonds. The maximum absolute atomic E-state index is 15.6. The van der Waals surface area contributed by atoms with E-state index < -0.39 is 58.7 Å². The number of benzene rings is 2. The third-order valence-corrected chi connectivity index (χ3v) is 9.18. The quantitative estimate of drug-likeness (QED) is 0.333. The van der Waals surface area contributed by atoms with Crippen LogP contribution in [0, 0.1) is 23.6 Å². The molecule has 2 saturated carbocycles. The fourth-order valence-corrected chi connectivity index (χ4v) is 6.81. The van der Waals surface area contributed by atoms with Crippen LogP contribution < -0.4 is 15.5 Å². The highest BCUT2D eigenvalue weighted by Gasteiger charge is 2.41. The van der Waals surface area contributed by atoms with Crippen molar-refractivity contribution < 1.29 is 37.1 Å². The van der Waals surface area contributed by atoms with E-state index in [1.54, 1.807) is 37.3 Å². The number of nitrogens with one attached hydrogen (secondary N) is 2. The van der Waals surface area contributed by atoms with Gasteiger partial charge in [-0.25, -0.2) is 4.39 Å². The molecule has 0 aromatic heterocycles. The van der Waals surface area contributed by atoms with Crippen LogP contribution in [0.2, 0.25) is 0 Å². The van der Waals surface area contributed by atoms with Gasteiger partial charge < -0.3 is 20.6 Å². The van der Waals surface area contributed by atoms with E-state index in [4.69, 9.17) is 0 Å². The van der Waals surface area contributed by atoms with Gasteiger partial charge in [-0.1, -0.05) is 43.7 Å². The van der Waals surface area contributed by atoms with E-state index in [1.807, 2.05) is 0 Å². The van der Waals surface area contributed by atoms with Crippen LogP contribution in [0.4, 0.5) is 23.2 Å². The molecule has 6 atom stereocenters. The van der Waals surface area contributed by atoms with Gasteiger partial charge in [0.15, 0.2) is 5.82 Å². The molecule has 43 heavy (non-hydrogen) atoms. The number of hydrogen-bond donors (Lipinski definition) is 3. The van der Waals surface area contributed by atoms with Crippen molar-refractivity contribution in [3.05, 3.63) is 65.0 Å². The third kappa shape index (κ3) is 7.03. The summed E-state index contributed by atoms with van der Waals surface area (Å²) in [7, 11) is 0. The first-order valence-corrected chi connectivity index (χ1v) is 14.9. The maximum atomic E-state index is 15.6. The van der Waals surface area contributed by atoms with Crippen LogP contribution in [0.1, 0.15) is 73.4 Å². The van der Waals surface area contributed by atoms with Gasteiger partial charge in [-0.15, -0.1) is 0 Å². The fraction of sp³-hybridized carbons (Fsp3) is 0.531. The Balaban J connectivity index is 1.36. The Kier molecular flexibility index (Phi) is 9.10. The molecule has 1 aliphatic heterocycles. The highest BCUT2D eigenvalue weighted by molar-refractivity contribution is 6.00. The second kappa shape index (κ2) is 12.6. The van der Waals surface area contributed by atoms with Crippen molar-refractivity contribution in [2.75, 3.05) is 11.4 Å². The molecule has 1 heterocycles. The van der Waals surface area contributed by atoms with E-state index in [2.05, 4.69) is 10.6 Å². The number of hydrogen-bond acceptors (Lipinski definition) is 4. The molecular weight excluding hydrogens is 566 g/mol. The van der Waals surface area contributed by atoms with Crippen LogP contribution in [0.15, 0.2) is 42.5 Å². The maximum Gasteiger partial charge on any atom is 0.416 e. The molecule has 5 rings (SSSR count). The molecule has 3 fully saturated rings. The molecule has 3 N–H and O–H groups in total. The molecule has 11 heteroatoms. The summed E-state index contributed by atoms with van der Waals surface area (Å²) in [5.74, 6) is -2.63. The normalized spacial score (nSPS) is 23.7. The molecule has 7 nitrogen and oxygen atoms in total. The zero-order chi connectivity index (χ0) is 30.9. The Morgan fingerprint density at radius 3 is 2.47 bits per heavy atom. The molecule has 2 aliphatic carbocycles. The lowest BCUT2D eigenvalue weighted by molar-refractivity contribution is -0.137. The third-order valence-electron chi connectivity index (χ3n) is 9.18. The largest absolute Gasteiger partial charge is 0.416 e. The Morgan fingerprint density at radius 2 is 1.86 bits per heavy atom. The van der Waals surface area contributed by atoms with Crippen molar-refractivity contribution >= 4 is 23.4 Å². The summed E-state index contributed by atoms with van der Waals surface area (Å²) in [5.41, 5.74) is -2.02. The summed E-state index contributed by atoms with van der Waals surface area (Å²) < 4.78 is 57.0. The van der Waals surface area contributed by atoms with E-state index in [0.717, 1.165) is 29.7 Å². The summed E-state index contributed by atoms with van der Waals surface area (Å²) in [6.45, 7) is 1.72. The van der Waals surface area contributed by atoms with E-state index >= 15 is 4.39 Å². The van der Waals surface area contributed by atoms with Gasteiger partial charge in [0.05, 0.1) is 29.0 Å². The van der Waals surface area contributed by atoms with Gasteiger partial charge in [0, 0.05) is 24.9 Å². The fourth-order valence-electron chi connectivity index (χ4n) is 6.81. The highest BCUT2D eigenvalue weighted by Crippen LogP contribution is 2.44. The molecule has 2 aromatic rings. The van der Waals surface area contributed by atoms with Gasteiger partial charge in [-0.3, -0.25) is 14.4 Å². The first kappa shape index (κ1) is 31.0. The van der Waals surface area contributed by atoms with Crippen LogP contribution in [-0.4, -0.2) is 47.6 Å². The number of fused-ring (bicyclic) bond motifs is 2. The molecule has 232 valence electrons. The summed E-state index contributed by atoms with van der Waals surface area (Å²) in [5, 5.41) is 16.9. The van der Waals surface area contributed by atoms with Crippen LogP contribution in [0.25, 0.3) is 0 Å². The lowest BCUT2D eigenvalue weighted by atomic mass is 9.91. The molecule has 6 unspecified atom stereocenters. The van der Waals surface area contributed by atoms with Crippen molar-refractivity contribution in [1.82, 2.24) is 10.6 Å². The van der Waals surface area contributed by atoms with Crippen molar-refractivity contribution in [3.8, 4) is 0 Å². The van der Waals surface area contributed by atoms with Gasteiger partial charge in [0.1, 0.15) is 0 Å². The first-order valence-electron chi connectivity index (χ1n) is 14.9. The number of aliphatic hydroxyl groups is 1. The van der Waals surface area contributed by atoms with Gasteiger partial charge >= 0.3 is 6.18 Å². The van der Waals surface area contributed by atoms with E-state index in [9.17, 15) is 32.7 Å². The first-order chi connectivity index (χ1) is 20.4. The number of anilines is 1. The second-order valence-corrected chi connectivity index (χ2v) is 12.3. The van der Waals surface area contributed by atoms with E-state index in [-0.39, 0.29) is 37.8 Å². The molecule has 0 radical (unpaired) electrons. The van der Waals surface area contributed by atoms with E-state index in [0.29, 0.717) is 30.4 Å². The number of aliphatic hydroxyl groups excluding tert-OH is 1. The van der Waals surface area contributed by atoms with Crippen molar-refractivity contribution in [1.29, 1.82) is 0 Å². The van der Waals surface area contributed by atoms with Gasteiger partial charge in [0.2, 0.25) is 11.8 Å². The SMILES string of the molecule is CC(CC(O)C(Cc1ccccc1)NC(=O)c1cc(C(F)(F)F)cc(N2CCCC2=O)c1F)C(=O)NC1CC2CCC1C2. The summed E-state index contributed by atoms with van der Waals surface area (Å²) >= 11 is 0. The summed E-state index contributed by atoms with van der Waals surface area (Å²) in [6, 6.07) is 8.88. The average Bonchev–Trinajstić information content (AvgIpc) is 3.70. The number of amides is 3. The Bertz CT molecular complexity index is 1350. The minimum atomic E-state index is -4.90. The lowest BCUT2D eigenvalue weighted by Gasteiger charge is -2.28. The predicted octanol–water partition coefficient (Wildman–Crippen LogP) is 5.00. The number of carbonyl (C=O) groups excluding carboxylic acids is 3. The Morgan fingerprint density at radius 1 is 1.12 bits per heavy atom. The zero-order valence-electron chi connectivity index (χ0n) is 24.0. The number of carbonyl (C=O) groups is 3. The van der Waals surface area contributed by atoms with Crippen molar-refractivity contribution in [3.63, 3.8) is 0 Å². The smallest absolute Gasteiger partial charge is 0.391 e. The number of alkyl halides is 3. The number of halogens is 4. The summed E-state index contributed by atoms with van der Waals surface area (Å²) in [6.07, 6.45) is -1.32. The topological polar surface area (TPSA) is 98.7 Å². The lowest BCUT2D eigenvalue weighted by Crippen LogP contribution is -2.47. The van der Waals surface area contributed by atoms with Gasteiger partial charge in [-0.05, 0) is 68.1 Å². The van der Waals surface area contributed by atoms with Crippen molar-refractivity contribution in [2.24, 2.45) is 17.8 Å². The minimum absolute atomic E-state index is 0.0248. The second-order valence-electron chi connectivity index (χ2n) is 12.3. The monoisotopic (exact) mass is 603 g/mol. The van der Waals surface area contributed by atoms with Crippen LogP contribution in [-0.2, 0) is 22.2 Å². The standard InChI is InChI=1S/C32H37F4N3O4/c1-18(30(42)37-24-15-20-9-10-21(24)13-20)12-27(40)25(14-19-6-3-2-4-7-19)38-31(43)23-16-22(32(34,35)36)17-26(29(23)33)39-11-5-8-28(39)41/h2-4,6-7,16-18,20-21,24-25,27,40H,5,8-15H2,1H3,(H,37,42)(H,38,43). The Labute approximate surface area is 248 Å². The van der Waals surface area contributed by atoms with Gasteiger partial charge in [-0.2, -0.15) is 13.2 Å².